The molecule has 0 aliphatic heterocycles. The molecule has 0 aliphatic rings. The second-order valence-corrected chi connectivity index (χ2v) is 3.48. The molecule has 66 valence electrons. The van der Waals surface area contributed by atoms with Crippen molar-refractivity contribution >= 4 is 11.8 Å². The summed E-state index contributed by atoms with van der Waals surface area (Å²) in [6.45, 7) is -1.13. The van der Waals surface area contributed by atoms with Gasteiger partial charge in [-0.3, -0.25) is 0 Å². The van der Waals surface area contributed by atoms with E-state index in [-0.39, 0.29) is 0 Å². The zero-order valence-corrected chi connectivity index (χ0v) is 7.02. The van der Waals surface area contributed by atoms with Crippen LogP contribution in [0.25, 0.3) is 0 Å². The second-order valence-electron chi connectivity index (χ2n) is 2.21. The lowest BCUT2D eigenvalue weighted by Gasteiger charge is -2.11. The molecule has 0 amide bonds. The van der Waals surface area contributed by atoms with E-state index in [4.69, 9.17) is 5.11 Å². The highest BCUT2D eigenvalue weighted by Crippen LogP contribution is 2.34. The van der Waals surface area contributed by atoms with E-state index >= 15 is 0 Å². The van der Waals surface area contributed by atoms with Gasteiger partial charge >= 0.3 is 5.25 Å². The van der Waals surface area contributed by atoms with Gasteiger partial charge < -0.3 is 5.11 Å². The molecule has 0 atom stereocenters. The Kier molecular flexibility index (Phi) is 3.05. The van der Waals surface area contributed by atoms with Crippen LogP contribution in [0.3, 0.4) is 0 Å². The van der Waals surface area contributed by atoms with Crippen molar-refractivity contribution in [2.24, 2.45) is 0 Å². The Hall–Kier alpha value is -0.610. The number of halogens is 2. The number of rotatable bonds is 3. The molecule has 0 fully saturated rings. The summed E-state index contributed by atoms with van der Waals surface area (Å²) < 4.78 is 25.1. The molecule has 0 heterocycles. The summed E-state index contributed by atoms with van der Waals surface area (Å²) in [6.07, 6.45) is 0. The molecule has 0 aromatic heterocycles. The molecule has 0 bridgehead atoms. The first kappa shape index (κ1) is 9.48. The molecule has 0 spiro atoms. The van der Waals surface area contributed by atoms with Crippen molar-refractivity contribution in [2.45, 2.75) is 10.2 Å². The monoisotopic (exact) mass is 190 g/mol. The zero-order chi connectivity index (χ0) is 9.03. The molecule has 0 radical (unpaired) electrons. The topological polar surface area (TPSA) is 20.2 Å². The van der Waals surface area contributed by atoms with Crippen molar-refractivity contribution in [2.75, 3.05) is 6.61 Å². The van der Waals surface area contributed by atoms with Gasteiger partial charge in [0.15, 0.2) is 0 Å². The molecule has 0 aliphatic carbocycles. The fraction of sp³-hybridized carbons (Fsp3) is 0.250. The van der Waals surface area contributed by atoms with E-state index in [2.05, 4.69) is 0 Å². The Morgan fingerprint density at radius 1 is 1.25 bits per heavy atom. The summed E-state index contributed by atoms with van der Waals surface area (Å²) in [5.74, 6) is 0. The predicted molar refractivity (Wildman–Crippen MR) is 44.3 cm³/mol. The Balaban J connectivity index is 2.64. The van der Waals surface area contributed by atoms with Gasteiger partial charge in [0.25, 0.3) is 0 Å². The van der Waals surface area contributed by atoms with Gasteiger partial charge in [-0.25, -0.2) is 0 Å². The Morgan fingerprint density at radius 3 is 2.33 bits per heavy atom. The molecule has 1 aromatic rings. The second kappa shape index (κ2) is 3.87. The van der Waals surface area contributed by atoms with Crippen molar-refractivity contribution in [3.63, 3.8) is 0 Å². The standard InChI is InChI=1S/C8H8F2OS/c9-8(10,6-11)12-7-4-2-1-3-5-7/h1-5,11H,6H2. The number of hydrogen-bond acceptors (Lipinski definition) is 2. The quantitative estimate of drug-likeness (QED) is 0.738. The molecule has 1 N–H and O–H groups in total. The normalized spacial score (nSPS) is 11.6. The third-order valence-electron chi connectivity index (χ3n) is 1.19. The lowest BCUT2D eigenvalue weighted by molar-refractivity contribution is 0.0362. The highest BCUT2D eigenvalue weighted by molar-refractivity contribution is 8.00. The molecular formula is C8H8F2OS. The van der Waals surface area contributed by atoms with Crippen LogP contribution in [0.1, 0.15) is 0 Å². The molecule has 0 unspecified atom stereocenters. The average Bonchev–Trinajstić information content (AvgIpc) is 2.06. The molecule has 0 saturated heterocycles. The van der Waals surface area contributed by atoms with E-state index in [0.29, 0.717) is 16.7 Å². The van der Waals surface area contributed by atoms with Gasteiger partial charge in [-0.1, -0.05) is 18.2 Å². The predicted octanol–water partition coefficient (Wildman–Crippen LogP) is 2.36. The van der Waals surface area contributed by atoms with Crippen molar-refractivity contribution in [1.29, 1.82) is 0 Å². The molecule has 1 rings (SSSR count). The summed E-state index contributed by atoms with van der Waals surface area (Å²) in [5.41, 5.74) is 0. The Bertz CT molecular complexity index is 238. The lowest BCUT2D eigenvalue weighted by Crippen LogP contribution is -2.15. The highest BCUT2D eigenvalue weighted by Gasteiger charge is 2.28. The number of thioether (sulfide) groups is 1. The maximum absolute atomic E-state index is 12.6. The highest BCUT2D eigenvalue weighted by atomic mass is 32.2. The van der Waals surface area contributed by atoms with Crippen LogP contribution in [-0.4, -0.2) is 17.0 Å². The minimum Gasteiger partial charge on any atom is -0.389 e. The van der Waals surface area contributed by atoms with Crippen LogP contribution in [0.5, 0.6) is 0 Å². The molecule has 4 heteroatoms. The van der Waals surface area contributed by atoms with E-state index < -0.39 is 11.9 Å². The first-order valence-electron chi connectivity index (χ1n) is 3.37. The lowest BCUT2D eigenvalue weighted by atomic mass is 10.4. The van der Waals surface area contributed by atoms with Crippen LogP contribution in [-0.2, 0) is 0 Å². The van der Waals surface area contributed by atoms with Gasteiger partial charge in [0.05, 0.1) is 0 Å². The molecule has 12 heavy (non-hydrogen) atoms. The summed E-state index contributed by atoms with van der Waals surface area (Å²) >= 11 is 0.363. The summed E-state index contributed by atoms with van der Waals surface area (Å²) in [6, 6.07) is 8.26. The first-order chi connectivity index (χ1) is 5.64. The minimum atomic E-state index is -3.08. The molecule has 1 aromatic carbocycles. The van der Waals surface area contributed by atoms with Gasteiger partial charge in [-0.15, -0.1) is 0 Å². The van der Waals surface area contributed by atoms with Crippen LogP contribution < -0.4 is 0 Å². The van der Waals surface area contributed by atoms with Crippen LogP contribution in [0, 0.1) is 0 Å². The minimum absolute atomic E-state index is 0.363. The van der Waals surface area contributed by atoms with Crippen LogP contribution in [0.2, 0.25) is 0 Å². The van der Waals surface area contributed by atoms with Gasteiger partial charge in [0.1, 0.15) is 6.61 Å². The maximum atomic E-state index is 12.6. The number of benzene rings is 1. The first-order valence-corrected chi connectivity index (χ1v) is 4.18. The van der Waals surface area contributed by atoms with Crippen LogP contribution >= 0.6 is 11.8 Å². The summed E-state index contributed by atoms with van der Waals surface area (Å²) in [5, 5.41) is 5.20. The Morgan fingerprint density at radius 2 is 1.83 bits per heavy atom. The van der Waals surface area contributed by atoms with Crippen molar-refractivity contribution in [3.8, 4) is 0 Å². The maximum Gasteiger partial charge on any atom is 0.320 e. The van der Waals surface area contributed by atoms with Gasteiger partial charge in [0.2, 0.25) is 0 Å². The molecular weight excluding hydrogens is 182 g/mol. The van der Waals surface area contributed by atoms with E-state index in [9.17, 15) is 8.78 Å². The van der Waals surface area contributed by atoms with Gasteiger partial charge in [-0.05, 0) is 23.9 Å². The van der Waals surface area contributed by atoms with E-state index in [0.717, 1.165) is 0 Å². The summed E-state index contributed by atoms with van der Waals surface area (Å²) in [7, 11) is 0. The van der Waals surface area contributed by atoms with Crippen molar-refractivity contribution < 1.29 is 13.9 Å². The van der Waals surface area contributed by atoms with E-state index in [1.165, 1.54) is 0 Å². The van der Waals surface area contributed by atoms with Crippen molar-refractivity contribution in [3.05, 3.63) is 30.3 Å². The Labute approximate surface area is 73.4 Å². The van der Waals surface area contributed by atoms with Gasteiger partial charge in [-0.2, -0.15) is 8.78 Å². The largest absolute Gasteiger partial charge is 0.389 e. The van der Waals surface area contributed by atoms with E-state index in [1.54, 1.807) is 30.3 Å². The molecule has 0 saturated carbocycles. The van der Waals surface area contributed by atoms with Crippen molar-refractivity contribution in [1.82, 2.24) is 0 Å². The van der Waals surface area contributed by atoms with Crippen LogP contribution in [0.4, 0.5) is 8.78 Å². The SMILES string of the molecule is OCC(F)(F)Sc1ccccc1. The van der Waals surface area contributed by atoms with Gasteiger partial charge in [0, 0.05) is 4.90 Å². The number of aliphatic hydroxyl groups is 1. The third-order valence-corrected chi connectivity index (χ3v) is 2.13. The fourth-order valence-electron chi connectivity index (χ4n) is 0.693. The van der Waals surface area contributed by atoms with Crippen LogP contribution in [0.15, 0.2) is 35.2 Å². The van der Waals surface area contributed by atoms with E-state index in [1.807, 2.05) is 0 Å². The average molecular weight is 190 g/mol. The fourth-order valence-corrected chi connectivity index (χ4v) is 1.40. The number of hydrogen-bond donors (Lipinski definition) is 1. The molecule has 1 nitrogen and oxygen atoms in total. The third kappa shape index (κ3) is 2.79. The number of alkyl halides is 2. The summed E-state index contributed by atoms with van der Waals surface area (Å²) in [4.78, 5) is 0.455. The number of aliphatic hydroxyl groups excluding tert-OH is 1. The zero-order valence-electron chi connectivity index (χ0n) is 6.21. The smallest absolute Gasteiger partial charge is 0.320 e.